The Morgan fingerprint density at radius 2 is 2.11 bits per heavy atom. The number of phenols is 1. The van der Waals surface area contributed by atoms with Gasteiger partial charge in [0.25, 0.3) is 0 Å². The highest BCUT2D eigenvalue weighted by atomic mass is 16.5. The van der Waals surface area contributed by atoms with Crippen LogP contribution in [0.2, 0.25) is 0 Å². The monoisotopic (exact) mass is 243 g/mol. The summed E-state index contributed by atoms with van der Waals surface area (Å²) in [4.78, 5) is 2.35. The molecule has 3 rings (SSSR count). The van der Waals surface area contributed by atoms with E-state index in [1.165, 1.54) is 0 Å². The van der Waals surface area contributed by atoms with Crippen molar-refractivity contribution in [3.63, 3.8) is 0 Å². The van der Waals surface area contributed by atoms with Gasteiger partial charge in [-0.2, -0.15) is 0 Å². The molecule has 0 amide bonds. The van der Waals surface area contributed by atoms with Crippen molar-refractivity contribution in [1.82, 2.24) is 0 Å². The molecular weight excluding hydrogens is 226 g/mol. The number of ether oxygens (including phenoxy) is 1. The van der Waals surface area contributed by atoms with E-state index in [2.05, 4.69) is 24.0 Å². The molecule has 1 aliphatic heterocycles. The highest BCUT2D eigenvalue weighted by Crippen LogP contribution is 2.39. The van der Waals surface area contributed by atoms with Crippen LogP contribution in [-0.2, 0) is 0 Å². The van der Waals surface area contributed by atoms with E-state index in [9.17, 15) is 5.11 Å². The van der Waals surface area contributed by atoms with E-state index in [0.717, 1.165) is 41.7 Å². The van der Waals surface area contributed by atoms with Gasteiger partial charge in [0, 0.05) is 11.9 Å². The number of hydrogen-bond acceptors (Lipinski definition) is 3. The Labute approximate surface area is 107 Å². The maximum absolute atomic E-state index is 9.63. The zero-order valence-corrected chi connectivity index (χ0v) is 10.5. The molecule has 0 spiro atoms. The zero-order valence-electron chi connectivity index (χ0n) is 10.5. The molecular formula is C15H17NO2. The normalized spacial score (nSPS) is 14.4. The third-order valence-electron chi connectivity index (χ3n) is 3.38. The second-order valence-electron chi connectivity index (χ2n) is 4.65. The van der Waals surface area contributed by atoms with Crippen LogP contribution in [0.15, 0.2) is 30.3 Å². The van der Waals surface area contributed by atoms with Crippen molar-refractivity contribution < 1.29 is 9.84 Å². The number of benzene rings is 2. The first kappa shape index (κ1) is 11.2. The van der Waals surface area contributed by atoms with Crippen LogP contribution in [-0.4, -0.2) is 24.8 Å². The van der Waals surface area contributed by atoms with Crippen LogP contribution in [0.1, 0.15) is 13.3 Å². The number of rotatable bonds is 2. The van der Waals surface area contributed by atoms with Gasteiger partial charge in [0.2, 0.25) is 0 Å². The molecule has 18 heavy (non-hydrogen) atoms. The summed E-state index contributed by atoms with van der Waals surface area (Å²) in [7, 11) is 0. The van der Waals surface area contributed by atoms with E-state index in [0.29, 0.717) is 6.61 Å². The van der Waals surface area contributed by atoms with E-state index in [1.807, 2.05) is 6.07 Å². The first-order valence-electron chi connectivity index (χ1n) is 6.43. The smallest absolute Gasteiger partial charge is 0.150 e. The summed E-state index contributed by atoms with van der Waals surface area (Å²) >= 11 is 0. The Morgan fingerprint density at radius 3 is 2.94 bits per heavy atom. The third-order valence-corrected chi connectivity index (χ3v) is 3.38. The molecule has 0 aliphatic carbocycles. The fraction of sp³-hybridized carbons (Fsp3) is 0.333. The molecule has 0 fully saturated rings. The Bertz CT molecular complexity index is 580. The predicted octanol–water partition coefficient (Wildman–Crippen LogP) is 3.15. The van der Waals surface area contributed by atoms with Gasteiger partial charge < -0.3 is 14.7 Å². The van der Waals surface area contributed by atoms with Gasteiger partial charge in [-0.3, -0.25) is 0 Å². The van der Waals surface area contributed by atoms with Crippen molar-refractivity contribution >= 4 is 16.5 Å². The van der Waals surface area contributed by atoms with Crippen LogP contribution in [0, 0.1) is 0 Å². The van der Waals surface area contributed by atoms with Crippen molar-refractivity contribution in [2.45, 2.75) is 13.3 Å². The molecule has 0 radical (unpaired) electrons. The highest BCUT2D eigenvalue weighted by molar-refractivity contribution is 5.94. The highest BCUT2D eigenvalue weighted by Gasteiger charge is 2.19. The number of fused-ring (bicyclic) bond motifs is 3. The van der Waals surface area contributed by atoms with Crippen LogP contribution < -0.4 is 9.64 Å². The van der Waals surface area contributed by atoms with Crippen LogP contribution in [0.4, 0.5) is 5.69 Å². The average molecular weight is 243 g/mol. The molecule has 94 valence electrons. The Morgan fingerprint density at radius 1 is 1.28 bits per heavy atom. The zero-order chi connectivity index (χ0) is 12.5. The molecule has 3 nitrogen and oxygen atoms in total. The predicted molar refractivity (Wildman–Crippen MR) is 73.6 cm³/mol. The Hall–Kier alpha value is -1.90. The molecule has 0 saturated heterocycles. The molecule has 1 N–H and O–H groups in total. The summed E-state index contributed by atoms with van der Waals surface area (Å²) in [6, 6.07) is 9.62. The van der Waals surface area contributed by atoms with Crippen molar-refractivity contribution in [2.24, 2.45) is 0 Å². The lowest BCUT2D eigenvalue weighted by Crippen LogP contribution is -2.33. The van der Waals surface area contributed by atoms with E-state index in [1.54, 1.807) is 12.1 Å². The Balaban J connectivity index is 2.18. The summed E-state index contributed by atoms with van der Waals surface area (Å²) in [5.41, 5.74) is 1.14. The lowest BCUT2D eigenvalue weighted by atomic mass is 10.1. The van der Waals surface area contributed by atoms with Crippen LogP contribution >= 0.6 is 0 Å². The second kappa shape index (κ2) is 4.41. The van der Waals surface area contributed by atoms with Crippen molar-refractivity contribution in [2.75, 3.05) is 24.6 Å². The second-order valence-corrected chi connectivity index (χ2v) is 4.65. The molecule has 3 heteroatoms. The Kier molecular flexibility index (Phi) is 2.74. The summed E-state index contributed by atoms with van der Waals surface area (Å²) in [6.45, 7) is 4.87. The van der Waals surface area contributed by atoms with E-state index in [-0.39, 0.29) is 5.75 Å². The first-order chi connectivity index (χ1) is 8.79. The fourth-order valence-corrected chi connectivity index (χ4v) is 2.55. The molecule has 0 atom stereocenters. The lowest BCUT2D eigenvalue weighted by Gasteiger charge is -2.31. The van der Waals surface area contributed by atoms with Crippen molar-refractivity contribution in [1.29, 1.82) is 0 Å². The van der Waals surface area contributed by atoms with Gasteiger partial charge in [-0.1, -0.05) is 19.1 Å². The van der Waals surface area contributed by atoms with Crippen molar-refractivity contribution in [3.8, 4) is 11.5 Å². The van der Waals surface area contributed by atoms with Gasteiger partial charge >= 0.3 is 0 Å². The standard InChI is InChI=1S/C15H17NO2/c1-2-7-16-8-9-18-15-13-10-12(17)5-3-11(13)4-6-14(15)16/h3-6,10,17H,2,7-9H2,1H3. The van der Waals surface area contributed by atoms with Gasteiger partial charge in [0.05, 0.1) is 12.2 Å². The minimum atomic E-state index is 0.284. The minimum absolute atomic E-state index is 0.284. The number of phenolic OH excluding ortho intramolecular Hbond substituents is 1. The summed E-state index contributed by atoms with van der Waals surface area (Å²) in [5, 5.41) is 11.7. The van der Waals surface area contributed by atoms with Crippen LogP contribution in [0.3, 0.4) is 0 Å². The van der Waals surface area contributed by atoms with Gasteiger partial charge in [-0.05, 0) is 30.0 Å². The topological polar surface area (TPSA) is 32.7 Å². The quantitative estimate of drug-likeness (QED) is 0.879. The average Bonchev–Trinajstić information content (AvgIpc) is 2.39. The maximum Gasteiger partial charge on any atom is 0.150 e. The summed E-state index contributed by atoms with van der Waals surface area (Å²) in [5.74, 6) is 1.19. The minimum Gasteiger partial charge on any atom is -0.508 e. The van der Waals surface area contributed by atoms with Gasteiger partial charge in [0.1, 0.15) is 12.4 Å². The molecule has 0 aromatic heterocycles. The molecule has 0 saturated carbocycles. The molecule has 1 aliphatic rings. The molecule has 2 aromatic rings. The van der Waals surface area contributed by atoms with E-state index in [4.69, 9.17) is 4.74 Å². The first-order valence-corrected chi connectivity index (χ1v) is 6.43. The summed E-state index contributed by atoms with van der Waals surface area (Å²) in [6.07, 6.45) is 1.12. The van der Waals surface area contributed by atoms with Gasteiger partial charge in [0.15, 0.2) is 5.75 Å². The van der Waals surface area contributed by atoms with Crippen LogP contribution in [0.5, 0.6) is 11.5 Å². The SMILES string of the molecule is CCCN1CCOc2c1ccc1ccc(O)cc21. The fourth-order valence-electron chi connectivity index (χ4n) is 2.55. The van der Waals surface area contributed by atoms with E-state index >= 15 is 0 Å². The molecule has 1 heterocycles. The molecule has 0 unspecified atom stereocenters. The largest absolute Gasteiger partial charge is 0.508 e. The number of aromatic hydroxyl groups is 1. The van der Waals surface area contributed by atoms with Gasteiger partial charge in [-0.25, -0.2) is 0 Å². The molecule has 2 aromatic carbocycles. The third kappa shape index (κ3) is 1.76. The molecule has 0 bridgehead atoms. The number of anilines is 1. The summed E-state index contributed by atoms with van der Waals surface area (Å²) < 4.78 is 5.82. The maximum atomic E-state index is 9.63. The van der Waals surface area contributed by atoms with Crippen molar-refractivity contribution in [3.05, 3.63) is 30.3 Å². The van der Waals surface area contributed by atoms with Crippen LogP contribution in [0.25, 0.3) is 10.8 Å². The van der Waals surface area contributed by atoms with Gasteiger partial charge in [-0.15, -0.1) is 0 Å². The number of nitrogens with zero attached hydrogens (tertiary/aromatic N) is 1. The van der Waals surface area contributed by atoms with E-state index < -0.39 is 0 Å². The number of hydrogen-bond donors (Lipinski definition) is 1. The lowest BCUT2D eigenvalue weighted by molar-refractivity contribution is 0.311.